The first-order valence-corrected chi connectivity index (χ1v) is 11.3. The van der Waals surface area contributed by atoms with Crippen LogP contribution in [0.2, 0.25) is 10.0 Å². The minimum Gasteiger partial charge on any atom is -0.486 e. The van der Waals surface area contributed by atoms with E-state index >= 15 is 0 Å². The highest BCUT2D eigenvalue weighted by atomic mass is 35.5. The van der Waals surface area contributed by atoms with Crippen molar-refractivity contribution >= 4 is 40.6 Å². The highest BCUT2D eigenvalue weighted by molar-refractivity contribution is 6.32. The summed E-state index contributed by atoms with van der Waals surface area (Å²) < 4.78 is 10.9. The number of Topliss-reactive ketones (excluding diaryl/α,β-unsaturated/α-hetero) is 1. The standard InChI is InChI=1S/C23H24Cl2N2O6/c24-16-3-7-19(8-4-16)32-13-18(28)11-15-1-5-17(6-2-15)26-23(29)14-33-20-9-10-21(25)22(12-20)27(30)31/h3-4,7-10,12,15,17H,1-2,5-6,11,13-14H2,(H,26,29). The predicted molar refractivity (Wildman–Crippen MR) is 124 cm³/mol. The lowest BCUT2D eigenvalue weighted by atomic mass is 9.83. The zero-order valence-electron chi connectivity index (χ0n) is 17.8. The van der Waals surface area contributed by atoms with E-state index in [-0.39, 0.29) is 53.3 Å². The number of rotatable bonds is 10. The first-order valence-electron chi connectivity index (χ1n) is 10.6. The fourth-order valence-electron chi connectivity index (χ4n) is 3.73. The Morgan fingerprint density at radius 3 is 2.27 bits per heavy atom. The van der Waals surface area contributed by atoms with Gasteiger partial charge in [0.15, 0.2) is 12.4 Å². The van der Waals surface area contributed by atoms with Gasteiger partial charge in [0, 0.05) is 17.5 Å². The lowest BCUT2D eigenvalue weighted by Gasteiger charge is -2.28. The summed E-state index contributed by atoms with van der Waals surface area (Å²) >= 11 is 11.6. The maximum atomic E-state index is 12.2. The number of hydrogen-bond donors (Lipinski definition) is 1. The molecule has 0 heterocycles. The number of hydrogen-bond acceptors (Lipinski definition) is 6. The molecule has 2 aromatic rings. The molecule has 0 spiro atoms. The van der Waals surface area contributed by atoms with Crippen LogP contribution in [0.3, 0.4) is 0 Å². The van der Waals surface area contributed by atoms with Crippen molar-refractivity contribution in [1.29, 1.82) is 0 Å². The number of benzene rings is 2. The molecule has 0 atom stereocenters. The monoisotopic (exact) mass is 494 g/mol. The zero-order chi connectivity index (χ0) is 23.8. The Morgan fingerprint density at radius 2 is 1.61 bits per heavy atom. The van der Waals surface area contributed by atoms with Crippen LogP contribution in [0.15, 0.2) is 42.5 Å². The second-order valence-corrected chi connectivity index (χ2v) is 8.77. The van der Waals surface area contributed by atoms with Gasteiger partial charge in [-0.15, -0.1) is 0 Å². The molecule has 1 aliphatic carbocycles. The van der Waals surface area contributed by atoms with Crippen LogP contribution in [0.1, 0.15) is 32.1 Å². The number of nitrogens with zero attached hydrogens (tertiary/aromatic N) is 1. The van der Waals surface area contributed by atoms with Crippen molar-refractivity contribution in [1.82, 2.24) is 5.32 Å². The van der Waals surface area contributed by atoms with E-state index in [0.29, 0.717) is 17.2 Å². The van der Waals surface area contributed by atoms with Crippen LogP contribution in [-0.4, -0.2) is 35.9 Å². The molecule has 1 fully saturated rings. The predicted octanol–water partition coefficient (Wildman–Crippen LogP) is 4.99. The van der Waals surface area contributed by atoms with Crippen molar-refractivity contribution in [2.75, 3.05) is 13.2 Å². The third kappa shape index (κ3) is 7.91. The molecule has 0 unspecified atom stereocenters. The number of nitrogens with one attached hydrogen (secondary N) is 1. The molecule has 1 aliphatic rings. The summed E-state index contributed by atoms with van der Waals surface area (Å²) in [4.78, 5) is 34.8. The van der Waals surface area contributed by atoms with Crippen LogP contribution in [0.4, 0.5) is 5.69 Å². The van der Waals surface area contributed by atoms with Gasteiger partial charge in [0.1, 0.15) is 23.1 Å². The van der Waals surface area contributed by atoms with Gasteiger partial charge in [-0.2, -0.15) is 0 Å². The lowest BCUT2D eigenvalue weighted by molar-refractivity contribution is -0.384. The SMILES string of the molecule is O=C(COc1ccc(Cl)cc1)CC1CCC(NC(=O)COc2ccc(Cl)c([N+](=O)[O-])c2)CC1. The smallest absolute Gasteiger partial charge is 0.291 e. The van der Waals surface area contributed by atoms with E-state index in [1.54, 1.807) is 24.3 Å². The summed E-state index contributed by atoms with van der Waals surface area (Å²) in [7, 11) is 0. The summed E-state index contributed by atoms with van der Waals surface area (Å²) in [5.74, 6) is 0.815. The maximum Gasteiger partial charge on any atom is 0.291 e. The fraction of sp³-hybridized carbons (Fsp3) is 0.391. The minimum atomic E-state index is -0.609. The van der Waals surface area contributed by atoms with E-state index in [1.165, 1.54) is 18.2 Å². The summed E-state index contributed by atoms with van der Waals surface area (Å²) in [6, 6.07) is 10.9. The van der Waals surface area contributed by atoms with E-state index in [4.69, 9.17) is 32.7 Å². The molecule has 0 aromatic heterocycles. The molecule has 0 radical (unpaired) electrons. The van der Waals surface area contributed by atoms with E-state index < -0.39 is 4.92 Å². The Hall–Kier alpha value is -2.84. The van der Waals surface area contributed by atoms with E-state index in [2.05, 4.69) is 5.32 Å². The van der Waals surface area contributed by atoms with Gasteiger partial charge in [-0.05, 0) is 68.0 Å². The number of ketones is 1. The van der Waals surface area contributed by atoms with E-state index in [1.807, 2.05) is 0 Å². The van der Waals surface area contributed by atoms with Gasteiger partial charge in [0.2, 0.25) is 0 Å². The molecule has 0 bridgehead atoms. The Bertz CT molecular complexity index is 991. The van der Waals surface area contributed by atoms with Gasteiger partial charge >= 0.3 is 0 Å². The van der Waals surface area contributed by atoms with Gasteiger partial charge in [-0.3, -0.25) is 19.7 Å². The van der Waals surface area contributed by atoms with Crippen molar-refractivity contribution in [3.8, 4) is 11.5 Å². The molecule has 3 rings (SSSR count). The average Bonchev–Trinajstić information content (AvgIpc) is 2.79. The van der Waals surface area contributed by atoms with Gasteiger partial charge in [0.25, 0.3) is 11.6 Å². The van der Waals surface area contributed by atoms with Crippen LogP contribution in [0, 0.1) is 16.0 Å². The molecule has 176 valence electrons. The van der Waals surface area contributed by atoms with E-state index in [9.17, 15) is 19.7 Å². The third-order valence-electron chi connectivity index (χ3n) is 5.43. The first-order chi connectivity index (χ1) is 15.8. The highest BCUT2D eigenvalue weighted by Gasteiger charge is 2.24. The Balaban J connectivity index is 1.34. The number of ether oxygens (including phenoxy) is 2. The zero-order valence-corrected chi connectivity index (χ0v) is 19.3. The summed E-state index contributed by atoms with van der Waals surface area (Å²) in [5.41, 5.74) is -0.277. The van der Waals surface area contributed by atoms with Gasteiger partial charge in [0.05, 0.1) is 11.0 Å². The average molecular weight is 495 g/mol. The molecule has 1 N–H and O–H groups in total. The normalized spacial score (nSPS) is 17.8. The van der Waals surface area contributed by atoms with E-state index in [0.717, 1.165) is 25.7 Å². The molecule has 2 aromatic carbocycles. The second kappa shape index (κ2) is 11.9. The van der Waals surface area contributed by atoms with Crippen molar-refractivity contribution in [2.45, 2.75) is 38.1 Å². The number of halogens is 2. The largest absolute Gasteiger partial charge is 0.486 e. The summed E-state index contributed by atoms with van der Waals surface area (Å²) in [5, 5.41) is 14.5. The Labute approximate surface area is 201 Å². The third-order valence-corrected chi connectivity index (χ3v) is 6.00. The molecular weight excluding hydrogens is 471 g/mol. The van der Waals surface area contributed by atoms with Crippen LogP contribution in [0.25, 0.3) is 0 Å². The van der Waals surface area contributed by atoms with Crippen molar-refractivity contribution < 1.29 is 24.0 Å². The first kappa shape index (κ1) is 24.8. The quantitative estimate of drug-likeness (QED) is 0.368. The maximum absolute atomic E-state index is 12.2. The molecule has 33 heavy (non-hydrogen) atoms. The Kier molecular flexibility index (Phi) is 8.91. The molecule has 1 amide bonds. The molecule has 0 aliphatic heterocycles. The summed E-state index contributed by atoms with van der Waals surface area (Å²) in [6.45, 7) is -0.224. The van der Waals surface area contributed by atoms with Crippen molar-refractivity contribution in [2.24, 2.45) is 5.92 Å². The number of carbonyl (C=O) groups is 2. The highest BCUT2D eigenvalue weighted by Crippen LogP contribution is 2.29. The number of nitro benzene ring substituents is 1. The number of nitro groups is 1. The summed E-state index contributed by atoms with van der Waals surface area (Å²) in [6.07, 6.45) is 3.67. The van der Waals surface area contributed by atoms with Crippen molar-refractivity contribution in [3.05, 3.63) is 62.6 Å². The van der Waals surface area contributed by atoms with Gasteiger partial charge in [-0.25, -0.2) is 0 Å². The Morgan fingerprint density at radius 1 is 0.970 bits per heavy atom. The van der Waals surface area contributed by atoms with Gasteiger partial charge in [-0.1, -0.05) is 23.2 Å². The van der Waals surface area contributed by atoms with Crippen LogP contribution >= 0.6 is 23.2 Å². The second-order valence-electron chi connectivity index (χ2n) is 7.93. The molecular formula is C23H24Cl2N2O6. The van der Waals surface area contributed by atoms with Gasteiger partial charge < -0.3 is 14.8 Å². The van der Waals surface area contributed by atoms with Crippen molar-refractivity contribution in [3.63, 3.8) is 0 Å². The lowest BCUT2D eigenvalue weighted by Crippen LogP contribution is -2.40. The minimum absolute atomic E-state index is 0.00332. The fourth-order valence-corrected chi connectivity index (χ4v) is 4.04. The van der Waals surface area contributed by atoms with Crippen LogP contribution in [-0.2, 0) is 9.59 Å². The van der Waals surface area contributed by atoms with Crippen LogP contribution in [0.5, 0.6) is 11.5 Å². The molecule has 8 nitrogen and oxygen atoms in total. The number of carbonyl (C=O) groups excluding carboxylic acids is 2. The molecule has 0 saturated heterocycles. The topological polar surface area (TPSA) is 108 Å². The molecule has 10 heteroatoms. The molecule has 1 saturated carbocycles. The van der Waals surface area contributed by atoms with Crippen LogP contribution < -0.4 is 14.8 Å². The number of amides is 1.